The van der Waals surface area contributed by atoms with Gasteiger partial charge in [-0.25, -0.2) is 0 Å². The number of rotatable bonds is 6. The van der Waals surface area contributed by atoms with E-state index < -0.39 is 0 Å². The molecule has 130 valence electrons. The first kappa shape index (κ1) is 18.2. The molecule has 0 radical (unpaired) electrons. The number of nitrogens with zero attached hydrogens (tertiary/aromatic N) is 2. The van der Waals surface area contributed by atoms with Gasteiger partial charge in [-0.15, -0.1) is 11.3 Å². The van der Waals surface area contributed by atoms with E-state index in [2.05, 4.69) is 53.4 Å². The second kappa shape index (κ2) is 9.25. The van der Waals surface area contributed by atoms with Crippen molar-refractivity contribution in [2.75, 3.05) is 33.4 Å². The van der Waals surface area contributed by atoms with E-state index in [-0.39, 0.29) is 0 Å². The highest BCUT2D eigenvalue weighted by Crippen LogP contribution is 2.16. The van der Waals surface area contributed by atoms with Crippen molar-refractivity contribution in [3.63, 3.8) is 0 Å². The Morgan fingerprint density at radius 1 is 1.43 bits per heavy atom. The molecule has 1 aromatic rings. The number of aryl methyl sites for hydroxylation is 1. The molecular formula is C17H30N4OS. The normalized spacial score (nSPS) is 21.2. The van der Waals surface area contributed by atoms with Gasteiger partial charge in [-0.1, -0.05) is 6.92 Å². The van der Waals surface area contributed by atoms with E-state index in [4.69, 9.17) is 4.74 Å². The van der Waals surface area contributed by atoms with Crippen LogP contribution in [0.3, 0.4) is 0 Å². The van der Waals surface area contributed by atoms with Crippen molar-refractivity contribution in [2.45, 2.75) is 45.8 Å². The number of thiophene rings is 1. The molecule has 0 aliphatic carbocycles. The fourth-order valence-corrected chi connectivity index (χ4v) is 3.75. The summed E-state index contributed by atoms with van der Waals surface area (Å²) in [5.74, 6) is 0.865. The van der Waals surface area contributed by atoms with Crippen LogP contribution in [-0.2, 0) is 17.7 Å². The Labute approximate surface area is 144 Å². The first-order chi connectivity index (χ1) is 11.1. The molecule has 0 spiro atoms. The van der Waals surface area contributed by atoms with Crippen LogP contribution in [0.15, 0.2) is 17.1 Å². The van der Waals surface area contributed by atoms with E-state index in [9.17, 15) is 0 Å². The highest BCUT2D eigenvalue weighted by atomic mass is 32.1. The third kappa shape index (κ3) is 5.48. The molecule has 1 aliphatic heterocycles. The standard InChI is InChI=1S/C17H30N4OS/c1-5-15-6-7-16(23-15)11-20-17(18-4)19-10-13(2)21-8-9-22-12-14(21)3/h6-7,13-14H,5,8-12H2,1-4H3,(H2,18,19,20). The summed E-state index contributed by atoms with van der Waals surface area (Å²) in [7, 11) is 1.82. The molecule has 2 rings (SSSR count). The molecule has 23 heavy (non-hydrogen) atoms. The third-order valence-electron chi connectivity index (χ3n) is 4.27. The molecule has 1 aliphatic rings. The number of morpholine rings is 1. The van der Waals surface area contributed by atoms with Crippen molar-refractivity contribution in [3.05, 3.63) is 21.9 Å². The van der Waals surface area contributed by atoms with Crippen LogP contribution in [0.25, 0.3) is 0 Å². The van der Waals surface area contributed by atoms with Crippen LogP contribution in [-0.4, -0.2) is 56.3 Å². The van der Waals surface area contributed by atoms with Crippen LogP contribution < -0.4 is 10.6 Å². The first-order valence-electron chi connectivity index (χ1n) is 8.49. The van der Waals surface area contributed by atoms with E-state index in [1.807, 2.05) is 18.4 Å². The molecule has 2 unspecified atom stereocenters. The summed E-state index contributed by atoms with van der Waals surface area (Å²) in [6.45, 7) is 11.1. The molecule has 0 bridgehead atoms. The number of nitrogens with one attached hydrogen (secondary N) is 2. The molecule has 0 aromatic carbocycles. The van der Waals surface area contributed by atoms with Gasteiger partial charge < -0.3 is 15.4 Å². The molecule has 2 heterocycles. The van der Waals surface area contributed by atoms with Crippen molar-refractivity contribution >= 4 is 17.3 Å². The predicted octanol–water partition coefficient (Wildman–Crippen LogP) is 2.08. The zero-order valence-electron chi connectivity index (χ0n) is 14.8. The molecule has 5 nitrogen and oxygen atoms in total. The van der Waals surface area contributed by atoms with Gasteiger partial charge in [0.15, 0.2) is 5.96 Å². The molecule has 1 aromatic heterocycles. The summed E-state index contributed by atoms with van der Waals surface area (Å²) in [5.41, 5.74) is 0. The van der Waals surface area contributed by atoms with E-state index in [0.29, 0.717) is 12.1 Å². The number of guanidine groups is 1. The smallest absolute Gasteiger partial charge is 0.191 e. The Bertz CT molecular complexity index is 503. The van der Waals surface area contributed by atoms with Gasteiger partial charge in [0.25, 0.3) is 0 Å². The van der Waals surface area contributed by atoms with Crippen LogP contribution >= 0.6 is 11.3 Å². The fourth-order valence-electron chi connectivity index (χ4n) is 2.86. The lowest BCUT2D eigenvalue weighted by Crippen LogP contribution is -2.52. The second-order valence-corrected chi connectivity index (χ2v) is 7.29. The molecule has 6 heteroatoms. The Kier molecular flexibility index (Phi) is 7.33. The van der Waals surface area contributed by atoms with Crippen molar-refractivity contribution < 1.29 is 4.74 Å². The molecule has 1 saturated heterocycles. The van der Waals surface area contributed by atoms with Crippen molar-refractivity contribution in [1.29, 1.82) is 0 Å². The zero-order valence-corrected chi connectivity index (χ0v) is 15.6. The summed E-state index contributed by atoms with van der Waals surface area (Å²) in [6.07, 6.45) is 1.10. The second-order valence-electron chi connectivity index (χ2n) is 6.04. The Balaban J connectivity index is 1.75. The van der Waals surface area contributed by atoms with Crippen LogP contribution in [0.4, 0.5) is 0 Å². The van der Waals surface area contributed by atoms with Gasteiger partial charge in [-0.2, -0.15) is 0 Å². The van der Waals surface area contributed by atoms with Crippen molar-refractivity contribution in [3.8, 4) is 0 Å². The highest BCUT2D eigenvalue weighted by molar-refractivity contribution is 7.11. The van der Waals surface area contributed by atoms with Gasteiger partial charge in [0, 0.05) is 42.0 Å². The molecule has 0 amide bonds. The summed E-state index contributed by atoms with van der Waals surface area (Å²) in [4.78, 5) is 9.60. The Morgan fingerprint density at radius 2 is 2.22 bits per heavy atom. The van der Waals surface area contributed by atoms with Crippen molar-refractivity contribution in [2.24, 2.45) is 4.99 Å². The maximum Gasteiger partial charge on any atom is 0.191 e. The summed E-state index contributed by atoms with van der Waals surface area (Å²) >= 11 is 1.87. The van der Waals surface area contributed by atoms with Gasteiger partial charge in [0.05, 0.1) is 19.8 Å². The van der Waals surface area contributed by atoms with Crippen LogP contribution in [0.5, 0.6) is 0 Å². The maximum atomic E-state index is 5.51. The van der Waals surface area contributed by atoms with Crippen LogP contribution in [0.1, 0.15) is 30.5 Å². The minimum absolute atomic E-state index is 0.459. The molecular weight excluding hydrogens is 308 g/mol. The summed E-state index contributed by atoms with van der Waals surface area (Å²) in [6, 6.07) is 5.34. The monoisotopic (exact) mass is 338 g/mol. The predicted molar refractivity (Wildman–Crippen MR) is 98.3 cm³/mol. The van der Waals surface area contributed by atoms with E-state index in [1.165, 1.54) is 9.75 Å². The Hall–Kier alpha value is -1.11. The summed E-state index contributed by atoms with van der Waals surface area (Å²) in [5, 5.41) is 6.84. The van der Waals surface area contributed by atoms with Crippen LogP contribution in [0.2, 0.25) is 0 Å². The molecule has 0 saturated carbocycles. The Morgan fingerprint density at radius 3 is 2.87 bits per heavy atom. The molecule has 1 fully saturated rings. The average molecular weight is 339 g/mol. The lowest BCUT2D eigenvalue weighted by Gasteiger charge is -2.38. The number of ether oxygens (including phenoxy) is 1. The van der Waals surface area contributed by atoms with E-state index >= 15 is 0 Å². The van der Waals surface area contributed by atoms with Gasteiger partial charge in [-0.3, -0.25) is 9.89 Å². The van der Waals surface area contributed by atoms with Gasteiger partial charge >= 0.3 is 0 Å². The first-order valence-corrected chi connectivity index (χ1v) is 9.31. The van der Waals surface area contributed by atoms with E-state index in [0.717, 1.165) is 45.2 Å². The van der Waals surface area contributed by atoms with Gasteiger partial charge in [0.2, 0.25) is 0 Å². The highest BCUT2D eigenvalue weighted by Gasteiger charge is 2.23. The number of hydrogen-bond donors (Lipinski definition) is 2. The number of hydrogen-bond acceptors (Lipinski definition) is 4. The largest absolute Gasteiger partial charge is 0.379 e. The van der Waals surface area contributed by atoms with Crippen molar-refractivity contribution in [1.82, 2.24) is 15.5 Å². The minimum atomic E-state index is 0.459. The van der Waals surface area contributed by atoms with Crippen LogP contribution in [0, 0.1) is 0 Å². The lowest BCUT2D eigenvalue weighted by atomic mass is 10.2. The fraction of sp³-hybridized carbons (Fsp3) is 0.706. The lowest BCUT2D eigenvalue weighted by molar-refractivity contribution is -0.0174. The number of aliphatic imine (C=N–C) groups is 1. The third-order valence-corrected chi connectivity index (χ3v) is 5.50. The average Bonchev–Trinajstić information content (AvgIpc) is 3.03. The van der Waals surface area contributed by atoms with Gasteiger partial charge in [0.1, 0.15) is 0 Å². The quantitative estimate of drug-likeness (QED) is 0.616. The SMILES string of the molecule is CCc1ccc(CNC(=NC)NCC(C)N2CCOCC2C)s1. The zero-order chi connectivity index (χ0) is 16.7. The minimum Gasteiger partial charge on any atom is -0.379 e. The molecule has 2 N–H and O–H groups in total. The van der Waals surface area contributed by atoms with E-state index in [1.54, 1.807) is 0 Å². The topological polar surface area (TPSA) is 48.9 Å². The molecule has 2 atom stereocenters. The maximum absolute atomic E-state index is 5.51. The summed E-state index contributed by atoms with van der Waals surface area (Å²) < 4.78 is 5.51. The van der Waals surface area contributed by atoms with Gasteiger partial charge in [-0.05, 0) is 32.4 Å².